The van der Waals surface area contributed by atoms with Crippen molar-refractivity contribution < 1.29 is 4.74 Å². The van der Waals surface area contributed by atoms with Crippen molar-refractivity contribution in [3.63, 3.8) is 0 Å². The second-order valence-electron chi connectivity index (χ2n) is 3.88. The molecule has 1 aliphatic rings. The molecule has 0 saturated carbocycles. The third-order valence-corrected chi connectivity index (χ3v) is 3.76. The lowest BCUT2D eigenvalue weighted by Crippen LogP contribution is -2.07. The Balaban J connectivity index is 2.18. The fourth-order valence-electron chi connectivity index (χ4n) is 1.94. The number of aryl methyl sites for hydroxylation is 1. The minimum absolute atomic E-state index is 0.616. The Morgan fingerprint density at radius 2 is 2.12 bits per heavy atom. The lowest BCUT2D eigenvalue weighted by molar-refractivity contribution is 0.185. The highest BCUT2D eigenvalue weighted by Crippen LogP contribution is 2.35. The van der Waals surface area contributed by atoms with E-state index in [0.29, 0.717) is 13.2 Å². The van der Waals surface area contributed by atoms with Gasteiger partial charge in [-0.15, -0.1) is 6.58 Å². The minimum atomic E-state index is 0.616. The summed E-state index contributed by atoms with van der Waals surface area (Å²) in [5.74, 6) is 0. The van der Waals surface area contributed by atoms with Crippen molar-refractivity contribution in [3.8, 4) is 0 Å². The fraction of sp³-hybridized carbons (Fsp3) is 0.286. The number of ether oxygens (including phenoxy) is 1. The summed E-state index contributed by atoms with van der Waals surface area (Å²) < 4.78 is 6.71. The molecular formula is C14H15BrO. The molecule has 0 atom stereocenters. The van der Waals surface area contributed by atoms with E-state index in [0.717, 1.165) is 12.8 Å². The van der Waals surface area contributed by atoms with Crippen molar-refractivity contribution in [2.24, 2.45) is 0 Å². The Morgan fingerprint density at radius 3 is 2.94 bits per heavy atom. The van der Waals surface area contributed by atoms with Crippen LogP contribution in [0.3, 0.4) is 0 Å². The zero-order valence-electron chi connectivity index (χ0n) is 9.21. The van der Waals surface area contributed by atoms with E-state index in [1.165, 1.54) is 21.2 Å². The predicted octanol–water partition coefficient (Wildman–Crippen LogP) is 3.94. The molecular weight excluding hydrogens is 264 g/mol. The lowest BCUT2D eigenvalue weighted by atomic mass is 9.92. The summed E-state index contributed by atoms with van der Waals surface area (Å²) in [5.41, 5.74) is 4.08. The highest BCUT2D eigenvalue weighted by molar-refractivity contribution is 9.15. The summed E-state index contributed by atoms with van der Waals surface area (Å²) in [4.78, 5) is 0. The Morgan fingerprint density at radius 1 is 1.31 bits per heavy atom. The van der Waals surface area contributed by atoms with Crippen molar-refractivity contribution in [2.45, 2.75) is 12.8 Å². The van der Waals surface area contributed by atoms with Gasteiger partial charge in [0.1, 0.15) is 0 Å². The Hall–Kier alpha value is -0.860. The first-order valence-corrected chi connectivity index (χ1v) is 6.26. The van der Waals surface area contributed by atoms with E-state index in [4.69, 9.17) is 4.74 Å². The van der Waals surface area contributed by atoms with Crippen LogP contribution in [0, 0.1) is 0 Å². The van der Waals surface area contributed by atoms with Crippen molar-refractivity contribution in [2.75, 3.05) is 13.2 Å². The maximum Gasteiger partial charge on any atom is 0.0695 e. The van der Waals surface area contributed by atoms with Crippen LogP contribution < -0.4 is 0 Å². The molecule has 16 heavy (non-hydrogen) atoms. The number of halogens is 1. The molecule has 2 rings (SSSR count). The molecule has 0 fully saturated rings. The number of benzene rings is 1. The number of hydrogen-bond acceptors (Lipinski definition) is 1. The van der Waals surface area contributed by atoms with Gasteiger partial charge in [-0.05, 0) is 29.5 Å². The van der Waals surface area contributed by atoms with Gasteiger partial charge in [0.2, 0.25) is 0 Å². The van der Waals surface area contributed by atoms with Crippen molar-refractivity contribution in [1.82, 2.24) is 0 Å². The Kier molecular flexibility index (Phi) is 3.97. The predicted molar refractivity (Wildman–Crippen MR) is 71.6 cm³/mol. The van der Waals surface area contributed by atoms with Gasteiger partial charge in [-0.25, -0.2) is 0 Å². The molecule has 0 unspecified atom stereocenters. The average Bonchev–Trinajstić information content (AvgIpc) is 2.33. The third-order valence-electron chi connectivity index (χ3n) is 2.77. The molecule has 0 spiro atoms. The van der Waals surface area contributed by atoms with Gasteiger partial charge in [0.15, 0.2) is 0 Å². The molecule has 84 valence electrons. The van der Waals surface area contributed by atoms with Crippen LogP contribution in [0.2, 0.25) is 0 Å². The maximum atomic E-state index is 5.50. The largest absolute Gasteiger partial charge is 0.373 e. The number of fused-ring (bicyclic) bond motifs is 1. The fourth-order valence-corrected chi connectivity index (χ4v) is 2.64. The first-order chi connectivity index (χ1) is 7.83. The van der Waals surface area contributed by atoms with Crippen LogP contribution in [0.25, 0.3) is 4.48 Å². The topological polar surface area (TPSA) is 9.23 Å². The van der Waals surface area contributed by atoms with Crippen LogP contribution in [0.1, 0.15) is 17.5 Å². The van der Waals surface area contributed by atoms with Gasteiger partial charge in [-0.2, -0.15) is 0 Å². The minimum Gasteiger partial charge on any atom is -0.373 e. The van der Waals surface area contributed by atoms with Crippen LogP contribution in [-0.4, -0.2) is 13.2 Å². The van der Waals surface area contributed by atoms with Crippen LogP contribution in [0.5, 0.6) is 0 Å². The summed E-state index contributed by atoms with van der Waals surface area (Å²) in [7, 11) is 0. The third kappa shape index (κ3) is 2.45. The van der Waals surface area contributed by atoms with Gasteiger partial charge in [0, 0.05) is 4.48 Å². The first-order valence-electron chi connectivity index (χ1n) is 5.47. The Bertz CT molecular complexity index is 420. The molecule has 0 saturated heterocycles. The molecule has 0 aliphatic heterocycles. The van der Waals surface area contributed by atoms with Crippen LogP contribution in [0.4, 0.5) is 0 Å². The number of rotatable bonds is 4. The van der Waals surface area contributed by atoms with Gasteiger partial charge < -0.3 is 4.74 Å². The van der Waals surface area contributed by atoms with E-state index in [1.807, 2.05) is 0 Å². The smallest absolute Gasteiger partial charge is 0.0695 e. The van der Waals surface area contributed by atoms with Gasteiger partial charge in [-0.1, -0.05) is 46.3 Å². The van der Waals surface area contributed by atoms with Crippen molar-refractivity contribution >= 4 is 20.4 Å². The van der Waals surface area contributed by atoms with E-state index >= 15 is 0 Å². The second kappa shape index (κ2) is 5.46. The first kappa shape index (κ1) is 11.6. The SMILES string of the molecule is C=CCOCC1=C(Br)c2ccccc2CC1. The van der Waals surface area contributed by atoms with Crippen molar-refractivity contribution in [3.05, 3.63) is 53.6 Å². The van der Waals surface area contributed by atoms with E-state index in [2.05, 4.69) is 46.8 Å². The summed E-state index contributed by atoms with van der Waals surface area (Å²) in [6, 6.07) is 8.52. The lowest BCUT2D eigenvalue weighted by Gasteiger charge is -2.19. The highest BCUT2D eigenvalue weighted by atomic mass is 79.9. The molecule has 1 aliphatic carbocycles. The highest BCUT2D eigenvalue weighted by Gasteiger charge is 2.16. The van der Waals surface area contributed by atoms with E-state index in [1.54, 1.807) is 6.08 Å². The van der Waals surface area contributed by atoms with Crippen LogP contribution >= 0.6 is 15.9 Å². The summed E-state index contributed by atoms with van der Waals surface area (Å²) in [6.45, 7) is 4.96. The van der Waals surface area contributed by atoms with Gasteiger partial charge in [-0.3, -0.25) is 0 Å². The van der Waals surface area contributed by atoms with Crippen molar-refractivity contribution in [1.29, 1.82) is 0 Å². The van der Waals surface area contributed by atoms with Gasteiger partial charge >= 0.3 is 0 Å². The molecule has 0 radical (unpaired) electrons. The summed E-state index contributed by atoms with van der Waals surface area (Å²) in [5, 5.41) is 0. The Labute approximate surface area is 105 Å². The molecule has 0 aromatic heterocycles. The van der Waals surface area contributed by atoms with E-state index in [9.17, 15) is 0 Å². The number of hydrogen-bond donors (Lipinski definition) is 0. The van der Waals surface area contributed by atoms with E-state index < -0.39 is 0 Å². The second-order valence-corrected chi connectivity index (χ2v) is 4.67. The summed E-state index contributed by atoms with van der Waals surface area (Å²) >= 11 is 3.68. The maximum absolute atomic E-state index is 5.50. The van der Waals surface area contributed by atoms with Gasteiger partial charge in [0.25, 0.3) is 0 Å². The molecule has 1 aromatic carbocycles. The molecule has 0 bridgehead atoms. The molecule has 0 N–H and O–H groups in total. The quantitative estimate of drug-likeness (QED) is 0.599. The molecule has 1 nitrogen and oxygen atoms in total. The normalized spacial score (nSPS) is 14.8. The van der Waals surface area contributed by atoms with Crippen LogP contribution in [0.15, 0.2) is 42.5 Å². The monoisotopic (exact) mass is 278 g/mol. The zero-order chi connectivity index (χ0) is 11.4. The standard InChI is InChI=1S/C14H15BrO/c1-2-9-16-10-12-8-7-11-5-3-4-6-13(11)14(12)15/h2-6H,1,7-10H2. The zero-order valence-corrected chi connectivity index (χ0v) is 10.8. The van der Waals surface area contributed by atoms with Crippen LogP contribution in [-0.2, 0) is 11.2 Å². The molecule has 0 heterocycles. The average molecular weight is 279 g/mol. The summed E-state index contributed by atoms with van der Waals surface area (Å²) in [6.07, 6.45) is 3.97. The molecule has 2 heteroatoms. The molecule has 1 aromatic rings. The van der Waals surface area contributed by atoms with E-state index in [-0.39, 0.29) is 0 Å². The molecule has 0 amide bonds. The van der Waals surface area contributed by atoms with Gasteiger partial charge in [0.05, 0.1) is 13.2 Å².